The molecule has 0 saturated heterocycles. The standard InChI is InChI=1S/C22H9BF15/c1-2-3-4-23(5-8(24)14(30)20(36)15(31)9(5)25,6-10(26)16(32)21(37)17(33)11(6)27)7-12(28)18(34)22(38)19(35)13(7)29/h2-4H2,1H3/q-1/p+1. The second-order valence-corrected chi connectivity index (χ2v) is 8.14. The molecule has 0 amide bonds. The molecule has 0 bridgehead atoms. The maximum Gasteiger partial charge on any atom is 1.00 e. The van der Waals surface area contributed by atoms with Crippen LogP contribution in [0.25, 0.3) is 0 Å². The van der Waals surface area contributed by atoms with Crippen LogP contribution in [0.1, 0.15) is 21.2 Å². The van der Waals surface area contributed by atoms with Crippen molar-refractivity contribution in [3.05, 3.63) is 87.3 Å². The minimum absolute atomic E-state index is 0. The van der Waals surface area contributed by atoms with E-state index in [2.05, 4.69) is 0 Å². The van der Waals surface area contributed by atoms with E-state index in [4.69, 9.17) is 0 Å². The lowest BCUT2D eigenvalue weighted by Gasteiger charge is -2.44. The first-order valence-corrected chi connectivity index (χ1v) is 10.3. The molecular formula is C22H10BF15. The highest BCUT2D eigenvalue weighted by molar-refractivity contribution is 7.11. The predicted molar refractivity (Wildman–Crippen MR) is 104 cm³/mol. The van der Waals surface area contributed by atoms with E-state index < -0.39 is 123 Å². The van der Waals surface area contributed by atoms with Crippen LogP contribution in [-0.2, 0) is 0 Å². The molecular weight excluding hydrogens is 560 g/mol. The first-order valence-electron chi connectivity index (χ1n) is 10.3. The Morgan fingerprint density at radius 2 is 0.553 bits per heavy atom. The van der Waals surface area contributed by atoms with Crippen molar-refractivity contribution in [1.82, 2.24) is 0 Å². The maximum atomic E-state index is 15.1. The van der Waals surface area contributed by atoms with Crippen LogP contribution in [0, 0.1) is 87.3 Å². The Labute approximate surface area is 204 Å². The van der Waals surface area contributed by atoms with E-state index in [0.29, 0.717) is 0 Å². The van der Waals surface area contributed by atoms with Crippen LogP contribution in [0.5, 0.6) is 0 Å². The molecule has 38 heavy (non-hydrogen) atoms. The van der Waals surface area contributed by atoms with E-state index in [9.17, 15) is 39.5 Å². The Morgan fingerprint density at radius 3 is 0.737 bits per heavy atom. The van der Waals surface area contributed by atoms with Crippen LogP contribution in [0.2, 0.25) is 6.32 Å². The molecule has 206 valence electrons. The third-order valence-electron chi connectivity index (χ3n) is 6.20. The van der Waals surface area contributed by atoms with Crippen molar-refractivity contribution in [2.24, 2.45) is 0 Å². The van der Waals surface area contributed by atoms with Crippen LogP contribution >= 0.6 is 0 Å². The second-order valence-electron chi connectivity index (χ2n) is 8.14. The molecule has 0 atom stereocenters. The average molecular weight is 570 g/mol. The van der Waals surface area contributed by atoms with Gasteiger partial charge in [0, 0.05) is 0 Å². The van der Waals surface area contributed by atoms with E-state index in [-0.39, 0.29) is 7.85 Å². The number of unbranched alkanes of at least 4 members (excludes halogenated alkanes) is 1. The molecule has 0 heterocycles. The quantitative estimate of drug-likeness (QED) is 0.144. The summed E-state index contributed by atoms with van der Waals surface area (Å²) in [7, 11) is 0. The molecule has 0 aliphatic carbocycles. The molecule has 0 radical (unpaired) electrons. The normalized spacial score (nSPS) is 12.0. The highest BCUT2D eigenvalue weighted by Gasteiger charge is 2.47. The Bertz CT molecular complexity index is 1220. The SMILES string of the molecule is CCCC[B-](c1c(F)c(F)c(F)c(F)c1F)(c1c(F)c(F)c(F)c(F)c1F)c1c(F)c(F)c(F)c(F)c1F.[H+]. The topological polar surface area (TPSA) is 0 Å². The molecule has 0 aromatic heterocycles. The van der Waals surface area contributed by atoms with Gasteiger partial charge in [0.1, 0.15) is 41.0 Å². The fraction of sp³-hybridized carbons (Fsp3) is 0.182. The molecule has 0 saturated carbocycles. The number of rotatable bonds is 6. The summed E-state index contributed by atoms with van der Waals surface area (Å²) in [5.74, 6) is -44.7. The number of benzene rings is 3. The Balaban J connectivity index is 0.00000533. The molecule has 3 aromatic rings. The first-order chi connectivity index (χ1) is 17.6. The average Bonchev–Trinajstić information content (AvgIpc) is 2.89. The van der Waals surface area contributed by atoms with Crippen LogP contribution < -0.4 is 16.4 Å². The van der Waals surface area contributed by atoms with Crippen molar-refractivity contribution in [3.8, 4) is 0 Å². The molecule has 0 fully saturated rings. The fourth-order valence-corrected chi connectivity index (χ4v) is 4.54. The van der Waals surface area contributed by atoms with Crippen molar-refractivity contribution in [3.63, 3.8) is 0 Å². The summed E-state index contributed by atoms with van der Waals surface area (Å²) in [6.45, 7) is 1.18. The van der Waals surface area contributed by atoms with Gasteiger partial charge >= 0.3 is 1.43 Å². The molecule has 0 aliphatic rings. The summed E-state index contributed by atoms with van der Waals surface area (Å²) in [4.78, 5) is 0. The second kappa shape index (κ2) is 10.1. The van der Waals surface area contributed by atoms with Crippen molar-refractivity contribution < 1.29 is 67.3 Å². The van der Waals surface area contributed by atoms with Crippen LogP contribution in [0.3, 0.4) is 0 Å². The van der Waals surface area contributed by atoms with Gasteiger partial charge in [0.15, 0.2) is 52.4 Å². The molecule has 0 unspecified atom stereocenters. The van der Waals surface area contributed by atoms with E-state index in [1.54, 1.807) is 0 Å². The molecule has 0 spiro atoms. The fourth-order valence-electron chi connectivity index (χ4n) is 4.54. The largest absolute Gasteiger partial charge is 1.00 e. The molecule has 3 rings (SSSR count). The monoisotopic (exact) mass is 570 g/mol. The lowest BCUT2D eigenvalue weighted by atomic mass is 9.13. The Morgan fingerprint density at radius 1 is 0.368 bits per heavy atom. The lowest BCUT2D eigenvalue weighted by molar-refractivity contribution is 0.379. The molecule has 0 aliphatic heterocycles. The summed E-state index contributed by atoms with van der Waals surface area (Å²) in [6.07, 6.45) is -8.14. The van der Waals surface area contributed by atoms with Gasteiger partial charge in [-0.25, -0.2) is 65.9 Å². The number of hydrogen-bond acceptors (Lipinski definition) is 0. The molecule has 0 N–H and O–H groups in total. The third-order valence-corrected chi connectivity index (χ3v) is 6.20. The highest BCUT2D eigenvalue weighted by atomic mass is 19.2. The van der Waals surface area contributed by atoms with Gasteiger partial charge in [-0.2, -0.15) is 6.32 Å². The summed E-state index contributed by atoms with van der Waals surface area (Å²) in [5.41, 5.74) is -7.70. The summed E-state index contributed by atoms with van der Waals surface area (Å²) >= 11 is 0. The van der Waals surface area contributed by atoms with Gasteiger partial charge in [-0.15, -0.1) is 16.4 Å². The third kappa shape index (κ3) is 3.90. The summed E-state index contributed by atoms with van der Waals surface area (Å²) < 4.78 is 217. The van der Waals surface area contributed by atoms with Crippen LogP contribution in [0.4, 0.5) is 65.9 Å². The highest BCUT2D eigenvalue weighted by Crippen LogP contribution is 2.30. The summed E-state index contributed by atoms with van der Waals surface area (Å²) in [5, 5.41) is 0. The summed E-state index contributed by atoms with van der Waals surface area (Å²) in [6, 6.07) is 0. The van der Waals surface area contributed by atoms with Gasteiger partial charge in [-0.05, 0) is 0 Å². The van der Waals surface area contributed by atoms with Gasteiger partial charge in [0.05, 0.1) is 0 Å². The van der Waals surface area contributed by atoms with Crippen molar-refractivity contribution in [2.75, 3.05) is 0 Å². The van der Waals surface area contributed by atoms with Gasteiger partial charge in [0.2, 0.25) is 0 Å². The van der Waals surface area contributed by atoms with E-state index in [1.165, 1.54) is 6.92 Å². The molecule has 3 aromatic carbocycles. The van der Waals surface area contributed by atoms with Crippen molar-refractivity contribution in [2.45, 2.75) is 26.1 Å². The van der Waals surface area contributed by atoms with Crippen LogP contribution in [0.15, 0.2) is 0 Å². The van der Waals surface area contributed by atoms with E-state index in [1.807, 2.05) is 0 Å². The zero-order valence-electron chi connectivity index (χ0n) is 19.4. The minimum Gasteiger partial charge on any atom is -0.207 e. The van der Waals surface area contributed by atoms with Gasteiger partial charge in [-0.3, -0.25) is 0 Å². The lowest BCUT2D eigenvalue weighted by Crippen LogP contribution is -2.73. The molecule has 16 heteroatoms. The zero-order chi connectivity index (χ0) is 29.0. The van der Waals surface area contributed by atoms with Gasteiger partial charge in [0.25, 0.3) is 0 Å². The van der Waals surface area contributed by atoms with Crippen molar-refractivity contribution in [1.29, 1.82) is 0 Å². The predicted octanol–water partition coefficient (Wildman–Crippen LogP) is 6.16. The van der Waals surface area contributed by atoms with E-state index >= 15 is 26.3 Å². The van der Waals surface area contributed by atoms with E-state index in [0.717, 1.165) is 0 Å². The Kier molecular flexibility index (Phi) is 7.77. The number of hydrogen-bond donors (Lipinski definition) is 0. The zero-order valence-corrected chi connectivity index (χ0v) is 18.4. The molecule has 0 nitrogen and oxygen atoms in total. The Hall–Kier alpha value is -3.33. The smallest absolute Gasteiger partial charge is 0.207 e. The van der Waals surface area contributed by atoms with Crippen molar-refractivity contribution >= 4 is 22.5 Å². The van der Waals surface area contributed by atoms with Crippen LogP contribution in [-0.4, -0.2) is 6.15 Å². The minimum atomic E-state index is -5.41. The number of halogens is 15. The first kappa shape index (κ1) is 29.2. The van der Waals surface area contributed by atoms with Gasteiger partial charge < -0.3 is 0 Å². The maximum absolute atomic E-state index is 15.1. The van der Waals surface area contributed by atoms with Gasteiger partial charge in [-0.1, -0.05) is 19.8 Å².